The molecule has 0 bridgehead atoms. The maximum atomic E-state index is 11.3. The molecule has 0 atom stereocenters. The van der Waals surface area contributed by atoms with E-state index in [-0.39, 0.29) is 5.56 Å². The van der Waals surface area contributed by atoms with Crippen molar-refractivity contribution in [3.63, 3.8) is 0 Å². The molecule has 0 aliphatic rings. The maximum absolute atomic E-state index is 11.3. The van der Waals surface area contributed by atoms with Crippen LogP contribution in [0, 0.1) is 11.3 Å². The average Bonchev–Trinajstić information content (AvgIpc) is 2.52. The van der Waals surface area contributed by atoms with Crippen LogP contribution in [-0.4, -0.2) is 5.97 Å². The van der Waals surface area contributed by atoms with E-state index >= 15 is 0 Å². The first-order valence-corrected chi connectivity index (χ1v) is 7.00. The van der Waals surface area contributed by atoms with Crippen LogP contribution < -0.4 is 5.11 Å². The Morgan fingerprint density at radius 3 is 2.48 bits per heavy atom. The Kier molecular flexibility index (Phi) is 4.73. The van der Waals surface area contributed by atoms with Gasteiger partial charge in [0.05, 0.1) is 17.6 Å². The predicted molar refractivity (Wildman–Crippen MR) is 79.5 cm³/mol. The van der Waals surface area contributed by atoms with Crippen molar-refractivity contribution < 1.29 is 9.90 Å². The summed E-state index contributed by atoms with van der Waals surface area (Å²) in [5.41, 5.74) is 3.27. The van der Waals surface area contributed by atoms with Crippen molar-refractivity contribution in [1.82, 2.24) is 0 Å². The monoisotopic (exact) mass is 278 g/mol. The molecule has 0 spiro atoms. The number of unbranched alkanes of at least 4 members (excludes halogenated alkanes) is 1. The van der Waals surface area contributed by atoms with E-state index in [9.17, 15) is 9.90 Å². The van der Waals surface area contributed by atoms with Gasteiger partial charge in [-0.2, -0.15) is 5.26 Å². The molecular weight excluding hydrogens is 262 g/mol. The van der Waals surface area contributed by atoms with Crippen molar-refractivity contribution in [2.45, 2.75) is 26.2 Å². The zero-order valence-corrected chi connectivity index (χ0v) is 11.9. The smallest absolute Gasteiger partial charge is 0.0991 e. The number of carboxylic acid groups (broad SMARTS) is 1. The number of carbonyl (C=O) groups excluding carboxylic acids is 1. The van der Waals surface area contributed by atoms with Crippen LogP contribution in [0.5, 0.6) is 0 Å². The highest BCUT2D eigenvalue weighted by atomic mass is 16.4. The van der Waals surface area contributed by atoms with Crippen LogP contribution in [0.4, 0.5) is 0 Å². The first-order valence-electron chi connectivity index (χ1n) is 7.00. The van der Waals surface area contributed by atoms with Gasteiger partial charge in [-0.1, -0.05) is 43.7 Å². The van der Waals surface area contributed by atoms with Crippen LogP contribution in [0.25, 0.3) is 11.1 Å². The van der Waals surface area contributed by atoms with E-state index in [1.165, 1.54) is 0 Å². The van der Waals surface area contributed by atoms with Crippen LogP contribution >= 0.6 is 0 Å². The largest absolute Gasteiger partial charge is 0.545 e. The van der Waals surface area contributed by atoms with E-state index < -0.39 is 5.97 Å². The van der Waals surface area contributed by atoms with Gasteiger partial charge in [0, 0.05) is 5.56 Å². The minimum atomic E-state index is -1.18. The van der Waals surface area contributed by atoms with E-state index in [0.717, 1.165) is 30.4 Å². The van der Waals surface area contributed by atoms with Crippen LogP contribution in [0.15, 0.2) is 42.5 Å². The molecule has 106 valence electrons. The SMILES string of the molecule is CCCCc1ccc(C(=O)[O-])c(-c2ccc(C#N)cc2)c1. The Labute approximate surface area is 124 Å². The van der Waals surface area contributed by atoms with E-state index in [1.807, 2.05) is 12.1 Å². The molecule has 0 heterocycles. The van der Waals surface area contributed by atoms with Gasteiger partial charge in [-0.15, -0.1) is 0 Å². The topological polar surface area (TPSA) is 63.9 Å². The van der Waals surface area contributed by atoms with Crippen molar-refractivity contribution in [2.24, 2.45) is 0 Å². The zero-order valence-electron chi connectivity index (χ0n) is 11.9. The molecule has 2 aromatic rings. The van der Waals surface area contributed by atoms with Gasteiger partial charge in [-0.3, -0.25) is 0 Å². The third-order valence-corrected chi connectivity index (χ3v) is 3.45. The first kappa shape index (κ1) is 14.8. The number of nitriles is 1. The van der Waals surface area contributed by atoms with Crippen LogP contribution in [0.2, 0.25) is 0 Å². The Hall–Kier alpha value is -2.60. The van der Waals surface area contributed by atoms with Gasteiger partial charge in [0.2, 0.25) is 0 Å². The lowest BCUT2D eigenvalue weighted by Gasteiger charge is -2.13. The molecule has 2 rings (SSSR count). The van der Waals surface area contributed by atoms with Crippen molar-refractivity contribution in [1.29, 1.82) is 5.26 Å². The Bertz CT molecular complexity index is 681. The fourth-order valence-electron chi connectivity index (χ4n) is 2.27. The highest BCUT2D eigenvalue weighted by molar-refractivity contribution is 5.95. The van der Waals surface area contributed by atoms with Crippen molar-refractivity contribution in [3.05, 3.63) is 59.2 Å². The van der Waals surface area contributed by atoms with Crippen LogP contribution in [0.3, 0.4) is 0 Å². The summed E-state index contributed by atoms with van der Waals surface area (Å²) in [6.45, 7) is 2.12. The molecule has 0 aliphatic heterocycles. The number of benzene rings is 2. The van der Waals surface area contributed by atoms with E-state index in [1.54, 1.807) is 30.3 Å². The highest BCUT2D eigenvalue weighted by Gasteiger charge is 2.08. The second-order valence-corrected chi connectivity index (χ2v) is 4.96. The lowest BCUT2D eigenvalue weighted by molar-refractivity contribution is -0.254. The molecule has 0 aromatic heterocycles. The minimum Gasteiger partial charge on any atom is -0.545 e. The van der Waals surface area contributed by atoms with Crippen LogP contribution in [0.1, 0.15) is 41.3 Å². The summed E-state index contributed by atoms with van der Waals surface area (Å²) in [6.07, 6.45) is 3.08. The van der Waals surface area contributed by atoms with Gasteiger partial charge in [0.1, 0.15) is 0 Å². The molecule has 0 radical (unpaired) electrons. The molecule has 0 unspecified atom stereocenters. The fraction of sp³-hybridized carbons (Fsp3) is 0.222. The predicted octanol–water partition coefficient (Wildman–Crippen LogP) is 2.93. The standard InChI is InChI=1S/C18H17NO2/c1-2-3-4-13-7-10-16(18(20)21)17(11-13)15-8-5-14(12-19)6-9-15/h5-11H,2-4H2,1H3,(H,20,21)/p-1. The van der Waals surface area contributed by atoms with E-state index in [4.69, 9.17) is 5.26 Å². The summed E-state index contributed by atoms with van der Waals surface area (Å²) >= 11 is 0. The summed E-state index contributed by atoms with van der Waals surface area (Å²) in [5, 5.41) is 20.1. The molecule has 0 saturated heterocycles. The lowest BCUT2D eigenvalue weighted by Crippen LogP contribution is -2.23. The quantitative estimate of drug-likeness (QED) is 0.844. The zero-order chi connectivity index (χ0) is 15.2. The van der Waals surface area contributed by atoms with Gasteiger partial charge in [-0.25, -0.2) is 0 Å². The third kappa shape index (κ3) is 3.49. The van der Waals surface area contributed by atoms with E-state index in [2.05, 4.69) is 13.0 Å². The molecule has 0 fully saturated rings. The fourth-order valence-corrected chi connectivity index (χ4v) is 2.27. The second kappa shape index (κ2) is 6.71. The number of aryl methyl sites for hydroxylation is 1. The minimum absolute atomic E-state index is 0.181. The third-order valence-electron chi connectivity index (χ3n) is 3.45. The highest BCUT2D eigenvalue weighted by Crippen LogP contribution is 2.26. The molecule has 0 amide bonds. The van der Waals surface area contributed by atoms with Crippen molar-refractivity contribution >= 4 is 5.97 Å². The summed E-state index contributed by atoms with van der Waals surface area (Å²) in [7, 11) is 0. The van der Waals surface area contributed by atoms with Gasteiger partial charge in [-0.05, 0) is 41.7 Å². The van der Waals surface area contributed by atoms with E-state index in [0.29, 0.717) is 11.1 Å². The number of carboxylic acids is 1. The maximum Gasteiger partial charge on any atom is 0.0991 e. The molecule has 0 aliphatic carbocycles. The van der Waals surface area contributed by atoms with Crippen molar-refractivity contribution in [3.8, 4) is 17.2 Å². The first-order chi connectivity index (χ1) is 10.2. The van der Waals surface area contributed by atoms with Gasteiger partial charge in [0.15, 0.2) is 0 Å². The normalized spacial score (nSPS) is 10.1. The summed E-state index contributed by atoms with van der Waals surface area (Å²) in [6, 6.07) is 14.3. The molecular formula is C18H16NO2-. The molecule has 2 aromatic carbocycles. The average molecular weight is 278 g/mol. The molecule has 3 heteroatoms. The number of rotatable bonds is 5. The Morgan fingerprint density at radius 2 is 1.90 bits per heavy atom. The lowest BCUT2D eigenvalue weighted by atomic mass is 9.95. The van der Waals surface area contributed by atoms with Gasteiger partial charge >= 0.3 is 0 Å². The molecule has 3 nitrogen and oxygen atoms in total. The molecule has 0 N–H and O–H groups in total. The number of nitrogens with zero attached hydrogens (tertiary/aromatic N) is 1. The summed E-state index contributed by atoms with van der Waals surface area (Å²) in [4.78, 5) is 11.3. The number of aromatic carboxylic acids is 1. The summed E-state index contributed by atoms with van der Waals surface area (Å²) < 4.78 is 0. The molecule has 0 saturated carbocycles. The summed E-state index contributed by atoms with van der Waals surface area (Å²) in [5.74, 6) is -1.18. The Morgan fingerprint density at radius 1 is 1.19 bits per heavy atom. The molecule has 21 heavy (non-hydrogen) atoms. The number of hydrogen-bond donors (Lipinski definition) is 0. The van der Waals surface area contributed by atoms with Gasteiger partial charge < -0.3 is 9.90 Å². The van der Waals surface area contributed by atoms with Crippen molar-refractivity contribution in [2.75, 3.05) is 0 Å². The number of hydrogen-bond acceptors (Lipinski definition) is 3. The van der Waals surface area contributed by atoms with Gasteiger partial charge in [0.25, 0.3) is 0 Å². The Balaban J connectivity index is 2.46. The van der Waals surface area contributed by atoms with Crippen LogP contribution in [-0.2, 0) is 6.42 Å². The second-order valence-electron chi connectivity index (χ2n) is 4.96. The number of carbonyl (C=O) groups is 1.